The van der Waals surface area contributed by atoms with Crippen molar-refractivity contribution in [1.29, 1.82) is 0 Å². The van der Waals surface area contributed by atoms with Crippen LogP contribution >= 0.6 is 46.4 Å². The molecular weight excluding hydrogens is 774 g/mol. The van der Waals surface area contributed by atoms with E-state index in [0.717, 1.165) is 16.8 Å². The number of carbonyl (C=O) groups is 4. The second-order valence-corrected chi connectivity index (χ2v) is 13.1. The summed E-state index contributed by atoms with van der Waals surface area (Å²) >= 11 is 24.4. The fraction of sp³-hybridized carbons (Fsp3) is 0.135. The third-order valence-electron chi connectivity index (χ3n) is 7.97. The van der Waals surface area contributed by atoms with Gasteiger partial charge in [-0.1, -0.05) is 82.8 Å². The number of aromatic nitrogens is 2. The topological polar surface area (TPSA) is 149 Å². The second kappa shape index (κ2) is 16.2. The Kier molecular flexibility index (Phi) is 11.5. The first-order valence-corrected chi connectivity index (χ1v) is 17.1. The van der Waals surface area contributed by atoms with Gasteiger partial charge in [0, 0.05) is 22.3 Å². The third kappa shape index (κ3) is 8.22. The van der Waals surface area contributed by atoms with Gasteiger partial charge in [0.25, 0.3) is 11.5 Å². The number of esters is 3. The Hall–Kier alpha value is -5.24. The molecule has 5 aromatic rings. The van der Waals surface area contributed by atoms with Gasteiger partial charge in [-0.25, -0.2) is 19.2 Å². The number of rotatable bonds is 9. The third-order valence-corrected chi connectivity index (χ3v) is 9.07. The van der Waals surface area contributed by atoms with Crippen LogP contribution in [0, 0.1) is 0 Å². The number of hydrogen-bond acceptors (Lipinski definition) is 10. The highest BCUT2D eigenvalue weighted by Gasteiger charge is 2.52. The lowest BCUT2D eigenvalue weighted by Gasteiger charge is -2.25. The number of halogens is 4. The molecule has 270 valence electrons. The lowest BCUT2D eigenvalue weighted by atomic mass is 10.1. The van der Waals surface area contributed by atoms with Gasteiger partial charge in [0.05, 0.1) is 32.3 Å². The van der Waals surface area contributed by atoms with E-state index < -0.39 is 66.2 Å². The van der Waals surface area contributed by atoms with Crippen LogP contribution in [0.3, 0.4) is 0 Å². The first kappa shape index (κ1) is 37.5. The van der Waals surface area contributed by atoms with Crippen LogP contribution in [0.25, 0.3) is 0 Å². The highest BCUT2D eigenvalue weighted by atomic mass is 35.5. The molecule has 53 heavy (non-hydrogen) atoms. The molecule has 1 aromatic heterocycles. The van der Waals surface area contributed by atoms with Crippen LogP contribution in [0.2, 0.25) is 20.1 Å². The van der Waals surface area contributed by atoms with Crippen molar-refractivity contribution in [2.24, 2.45) is 0 Å². The molecule has 12 nitrogen and oxygen atoms in total. The fourth-order valence-electron chi connectivity index (χ4n) is 5.41. The van der Waals surface area contributed by atoms with Crippen molar-refractivity contribution >= 4 is 70.2 Å². The average molecular weight is 798 g/mol. The van der Waals surface area contributed by atoms with Crippen LogP contribution in [0.5, 0.6) is 0 Å². The van der Waals surface area contributed by atoms with Gasteiger partial charge in [0.1, 0.15) is 12.7 Å². The van der Waals surface area contributed by atoms with Crippen LogP contribution in [0.1, 0.15) is 47.7 Å². The van der Waals surface area contributed by atoms with Crippen molar-refractivity contribution in [1.82, 2.24) is 9.13 Å². The Morgan fingerprint density at radius 2 is 1.17 bits per heavy atom. The first-order chi connectivity index (χ1) is 25.4. The molecule has 1 fully saturated rings. The Labute approximate surface area is 319 Å². The van der Waals surface area contributed by atoms with E-state index in [1.54, 1.807) is 36.4 Å². The second-order valence-electron chi connectivity index (χ2n) is 11.4. The number of hydrogen-bond donors (Lipinski definition) is 0. The average Bonchev–Trinajstić information content (AvgIpc) is 3.46. The van der Waals surface area contributed by atoms with Gasteiger partial charge < -0.3 is 18.9 Å². The minimum atomic E-state index is -1.66. The van der Waals surface area contributed by atoms with Crippen molar-refractivity contribution < 1.29 is 38.1 Å². The standard InChI is InChI=1S/C37H24Cl4N2O10/c38-22-11-13-24(26(40)17-22)32(45)43-29(44)15-16-42(37(43)49)33-31(53-35(47)21-9-5-2-6-10-21)30(52-34(46)20-7-3-1-4-8-20)28(51-33)19-50-36(48)25-14-12-23(39)18-27(25)41/h1-18,28,30-31,33H,19H2/t28-,30+,31-,33+/m1/s1. The summed E-state index contributed by atoms with van der Waals surface area (Å²) in [6.07, 6.45) is -5.21. The highest BCUT2D eigenvalue weighted by Crippen LogP contribution is 2.35. The molecule has 4 atom stereocenters. The van der Waals surface area contributed by atoms with Gasteiger partial charge in [-0.2, -0.15) is 4.57 Å². The van der Waals surface area contributed by atoms with Gasteiger partial charge in [0.15, 0.2) is 18.4 Å². The molecule has 16 heteroatoms. The summed E-state index contributed by atoms with van der Waals surface area (Å²) in [7, 11) is 0. The molecule has 0 spiro atoms. The van der Waals surface area contributed by atoms with E-state index in [1.807, 2.05) is 0 Å². The van der Waals surface area contributed by atoms with Crippen molar-refractivity contribution in [2.75, 3.05) is 6.61 Å². The van der Waals surface area contributed by atoms with Gasteiger partial charge in [-0.15, -0.1) is 0 Å². The Balaban J connectivity index is 1.42. The molecule has 0 amide bonds. The van der Waals surface area contributed by atoms with Crippen LogP contribution in [0.15, 0.2) is 119 Å². The Bertz CT molecular complexity index is 2330. The molecule has 4 aromatic carbocycles. The zero-order valence-corrected chi connectivity index (χ0v) is 29.9. The molecule has 0 bridgehead atoms. The van der Waals surface area contributed by atoms with E-state index in [2.05, 4.69) is 0 Å². The van der Waals surface area contributed by atoms with Crippen LogP contribution in [-0.4, -0.2) is 57.9 Å². The number of carbonyl (C=O) groups excluding carboxylic acids is 4. The molecule has 1 aliphatic rings. The first-order valence-electron chi connectivity index (χ1n) is 15.6. The summed E-state index contributed by atoms with van der Waals surface area (Å²) in [5.41, 5.74) is -2.29. The number of ether oxygens (including phenoxy) is 4. The van der Waals surface area contributed by atoms with Crippen molar-refractivity contribution in [3.63, 3.8) is 0 Å². The zero-order chi connectivity index (χ0) is 37.8. The van der Waals surface area contributed by atoms with E-state index in [-0.39, 0.29) is 42.3 Å². The smallest absolute Gasteiger partial charge is 0.340 e. The van der Waals surface area contributed by atoms with Crippen LogP contribution < -0.4 is 11.2 Å². The van der Waals surface area contributed by atoms with Crippen LogP contribution in [0.4, 0.5) is 0 Å². The van der Waals surface area contributed by atoms with E-state index in [9.17, 15) is 28.8 Å². The predicted octanol–water partition coefficient (Wildman–Crippen LogP) is 6.52. The Morgan fingerprint density at radius 1 is 0.642 bits per heavy atom. The zero-order valence-electron chi connectivity index (χ0n) is 26.9. The van der Waals surface area contributed by atoms with Gasteiger partial charge >= 0.3 is 23.6 Å². The van der Waals surface area contributed by atoms with Crippen LogP contribution in [-0.2, 0) is 18.9 Å². The largest absolute Gasteiger partial charge is 0.459 e. The van der Waals surface area contributed by atoms with E-state index in [4.69, 9.17) is 65.4 Å². The molecule has 0 N–H and O–H groups in total. The maximum Gasteiger partial charge on any atom is 0.340 e. The molecule has 0 unspecified atom stereocenters. The predicted molar refractivity (Wildman–Crippen MR) is 193 cm³/mol. The molecule has 0 radical (unpaired) electrons. The molecule has 0 aliphatic carbocycles. The molecule has 1 saturated heterocycles. The fourth-order valence-corrected chi connectivity index (χ4v) is 6.39. The lowest BCUT2D eigenvalue weighted by Crippen LogP contribution is -2.47. The lowest BCUT2D eigenvalue weighted by molar-refractivity contribution is -0.0643. The van der Waals surface area contributed by atoms with Crippen molar-refractivity contribution in [2.45, 2.75) is 24.5 Å². The SMILES string of the molecule is O=C(O[C@@H]1[C@@H](OC(=O)c2ccccc2)[C@@H](n2ccc(=O)n(C(=O)c3ccc(Cl)cc3Cl)c2=O)O[C@@H]1COC(=O)c1ccc(Cl)cc1Cl)c1ccccc1. The maximum absolute atomic E-state index is 14.0. The maximum atomic E-state index is 14.0. The summed E-state index contributed by atoms with van der Waals surface area (Å²) in [6.45, 7) is -0.617. The van der Waals surface area contributed by atoms with Gasteiger partial charge in [0.2, 0.25) is 0 Å². The van der Waals surface area contributed by atoms with Gasteiger partial charge in [-0.05, 0) is 60.7 Å². The normalized spacial score (nSPS) is 17.9. The van der Waals surface area contributed by atoms with Crippen molar-refractivity contribution in [3.8, 4) is 0 Å². The Morgan fingerprint density at radius 3 is 1.72 bits per heavy atom. The minimum Gasteiger partial charge on any atom is -0.459 e. The molecule has 6 rings (SSSR count). The summed E-state index contributed by atoms with van der Waals surface area (Å²) in [5.74, 6) is -3.77. The summed E-state index contributed by atoms with van der Waals surface area (Å²) < 4.78 is 24.6. The number of nitrogens with zero attached hydrogens (tertiary/aromatic N) is 2. The van der Waals surface area contributed by atoms with Gasteiger partial charge in [-0.3, -0.25) is 14.2 Å². The van der Waals surface area contributed by atoms with E-state index in [1.165, 1.54) is 60.7 Å². The summed E-state index contributed by atoms with van der Waals surface area (Å²) in [4.78, 5) is 80.7. The monoisotopic (exact) mass is 796 g/mol. The molecule has 1 aliphatic heterocycles. The summed E-state index contributed by atoms with van der Waals surface area (Å²) in [6, 6.07) is 24.5. The van der Waals surface area contributed by atoms with Crippen molar-refractivity contribution in [3.05, 3.63) is 173 Å². The summed E-state index contributed by atoms with van der Waals surface area (Å²) in [5, 5.41) is 0.335. The van der Waals surface area contributed by atoms with E-state index in [0.29, 0.717) is 4.57 Å². The quantitative estimate of drug-likeness (QED) is 0.119. The minimum absolute atomic E-state index is 0.00583. The number of benzene rings is 4. The molecule has 0 saturated carbocycles. The highest BCUT2D eigenvalue weighted by molar-refractivity contribution is 6.37. The molecular formula is C37H24Cl4N2O10. The molecule has 2 heterocycles. The van der Waals surface area contributed by atoms with E-state index >= 15 is 0 Å².